The van der Waals surface area contributed by atoms with Crippen molar-refractivity contribution >= 4 is 21.8 Å². The molecule has 2 aromatic carbocycles. The molecule has 0 atom stereocenters. The number of hydrogen-bond donors (Lipinski definition) is 1. The topological polar surface area (TPSA) is 43.1 Å². The van der Waals surface area contributed by atoms with E-state index in [1.807, 2.05) is 30.3 Å². The molecule has 2 N–H and O–H groups in total. The van der Waals surface area contributed by atoms with Crippen LogP contribution in [0.1, 0.15) is 21.5 Å². The predicted molar refractivity (Wildman–Crippen MR) is 77.6 cm³/mol. The molecule has 0 aliphatic heterocycles. The van der Waals surface area contributed by atoms with Crippen LogP contribution in [-0.4, -0.2) is 5.91 Å². The van der Waals surface area contributed by atoms with Gasteiger partial charge in [0, 0.05) is 10.0 Å². The van der Waals surface area contributed by atoms with Crippen LogP contribution in [0.25, 0.3) is 11.1 Å². The van der Waals surface area contributed by atoms with E-state index in [1.54, 1.807) is 6.07 Å². The van der Waals surface area contributed by atoms with Crippen LogP contribution in [0.15, 0.2) is 40.9 Å². The second-order valence-corrected chi connectivity index (χ2v) is 5.14. The molecular weight excluding hydrogens is 290 g/mol. The molecule has 0 saturated heterocycles. The Bertz CT molecular complexity index is 620. The lowest BCUT2D eigenvalue weighted by Crippen LogP contribution is -2.10. The SMILES string of the molecule is Cc1c(Br)ccc(-c2cccc(C(N)=O)c2)c1C. The zero-order valence-corrected chi connectivity index (χ0v) is 11.9. The number of hydrogen-bond acceptors (Lipinski definition) is 1. The maximum Gasteiger partial charge on any atom is 0.248 e. The average molecular weight is 304 g/mol. The van der Waals surface area contributed by atoms with E-state index < -0.39 is 5.91 Å². The molecule has 0 saturated carbocycles. The molecule has 0 spiro atoms. The summed E-state index contributed by atoms with van der Waals surface area (Å²) in [6.07, 6.45) is 0. The van der Waals surface area contributed by atoms with Crippen molar-refractivity contribution in [1.82, 2.24) is 0 Å². The van der Waals surface area contributed by atoms with Gasteiger partial charge in [-0.3, -0.25) is 4.79 Å². The Morgan fingerprint density at radius 1 is 1.11 bits per heavy atom. The zero-order valence-electron chi connectivity index (χ0n) is 10.3. The van der Waals surface area contributed by atoms with Crippen LogP contribution < -0.4 is 5.73 Å². The second-order valence-electron chi connectivity index (χ2n) is 4.29. The molecule has 2 nitrogen and oxygen atoms in total. The van der Waals surface area contributed by atoms with Gasteiger partial charge < -0.3 is 5.73 Å². The number of primary amides is 1. The van der Waals surface area contributed by atoms with E-state index in [2.05, 4.69) is 29.8 Å². The molecule has 2 rings (SSSR count). The van der Waals surface area contributed by atoms with Gasteiger partial charge in [0.15, 0.2) is 0 Å². The summed E-state index contributed by atoms with van der Waals surface area (Å²) in [6, 6.07) is 11.5. The van der Waals surface area contributed by atoms with Gasteiger partial charge in [0.1, 0.15) is 0 Å². The number of benzene rings is 2. The van der Waals surface area contributed by atoms with Gasteiger partial charge in [0.05, 0.1) is 0 Å². The van der Waals surface area contributed by atoms with Crippen LogP contribution in [0.3, 0.4) is 0 Å². The molecule has 0 aromatic heterocycles. The maximum absolute atomic E-state index is 11.2. The highest BCUT2D eigenvalue weighted by atomic mass is 79.9. The normalized spacial score (nSPS) is 10.4. The highest BCUT2D eigenvalue weighted by Gasteiger charge is 2.08. The van der Waals surface area contributed by atoms with E-state index >= 15 is 0 Å². The molecule has 0 aliphatic carbocycles. The van der Waals surface area contributed by atoms with Gasteiger partial charge in [0.2, 0.25) is 5.91 Å². The fourth-order valence-corrected chi connectivity index (χ4v) is 2.37. The first kappa shape index (κ1) is 12.8. The number of carbonyl (C=O) groups is 1. The summed E-state index contributed by atoms with van der Waals surface area (Å²) in [6.45, 7) is 4.15. The molecule has 0 fully saturated rings. The summed E-state index contributed by atoms with van der Waals surface area (Å²) in [4.78, 5) is 11.2. The largest absolute Gasteiger partial charge is 0.366 e. The summed E-state index contributed by atoms with van der Waals surface area (Å²) in [5.74, 6) is -0.400. The number of nitrogens with two attached hydrogens (primary N) is 1. The summed E-state index contributed by atoms with van der Waals surface area (Å²) < 4.78 is 1.09. The minimum Gasteiger partial charge on any atom is -0.366 e. The molecule has 0 unspecified atom stereocenters. The molecule has 2 aromatic rings. The van der Waals surface area contributed by atoms with E-state index in [0.29, 0.717) is 5.56 Å². The highest BCUT2D eigenvalue weighted by molar-refractivity contribution is 9.10. The minimum absolute atomic E-state index is 0.400. The van der Waals surface area contributed by atoms with Crippen LogP contribution in [0.4, 0.5) is 0 Å². The maximum atomic E-state index is 11.2. The quantitative estimate of drug-likeness (QED) is 0.900. The van der Waals surface area contributed by atoms with Crippen LogP contribution >= 0.6 is 15.9 Å². The van der Waals surface area contributed by atoms with Crippen molar-refractivity contribution in [1.29, 1.82) is 0 Å². The van der Waals surface area contributed by atoms with Crippen LogP contribution in [0.5, 0.6) is 0 Å². The van der Waals surface area contributed by atoms with Crippen molar-refractivity contribution in [2.75, 3.05) is 0 Å². The number of rotatable bonds is 2. The first-order valence-electron chi connectivity index (χ1n) is 5.66. The molecule has 3 heteroatoms. The van der Waals surface area contributed by atoms with E-state index in [0.717, 1.165) is 15.6 Å². The van der Waals surface area contributed by atoms with Crippen LogP contribution in [-0.2, 0) is 0 Å². The first-order chi connectivity index (χ1) is 8.50. The van der Waals surface area contributed by atoms with Crippen LogP contribution in [0, 0.1) is 13.8 Å². The van der Waals surface area contributed by atoms with Gasteiger partial charge in [-0.05, 0) is 54.3 Å². The van der Waals surface area contributed by atoms with Crippen molar-refractivity contribution < 1.29 is 4.79 Å². The van der Waals surface area contributed by atoms with Gasteiger partial charge in [-0.25, -0.2) is 0 Å². The smallest absolute Gasteiger partial charge is 0.248 e. The fraction of sp³-hybridized carbons (Fsp3) is 0.133. The predicted octanol–water partition coefficient (Wildman–Crippen LogP) is 3.83. The molecule has 0 aliphatic rings. The number of halogens is 1. The van der Waals surface area contributed by atoms with Crippen molar-refractivity contribution in [3.8, 4) is 11.1 Å². The van der Waals surface area contributed by atoms with Crippen molar-refractivity contribution in [3.63, 3.8) is 0 Å². The Morgan fingerprint density at radius 2 is 1.83 bits per heavy atom. The Morgan fingerprint density at radius 3 is 2.50 bits per heavy atom. The van der Waals surface area contributed by atoms with Crippen LogP contribution in [0.2, 0.25) is 0 Å². The lowest BCUT2D eigenvalue weighted by Gasteiger charge is -2.11. The third-order valence-electron chi connectivity index (χ3n) is 3.18. The highest BCUT2D eigenvalue weighted by Crippen LogP contribution is 2.30. The Kier molecular flexibility index (Phi) is 3.53. The summed E-state index contributed by atoms with van der Waals surface area (Å²) in [5, 5.41) is 0. The Balaban J connectivity index is 2.59. The average Bonchev–Trinajstić information content (AvgIpc) is 2.36. The Labute approximate surface area is 115 Å². The minimum atomic E-state index is -0.400. The second kappa shape index (κ2) is 4.94. The third-order valence-corrected chi connectivity index (χ3v) is 4.04. The molecule has 18 heavy (non-hydrogen) atoms. The van der Waals surface area contributed by atoms with E-state index in [-0.39, 0.29) is 0 Å². The molecule has 0 bridgehead atoms. The number of carbonyl (C=O) groups excluding carboxylic acids is 1. The zero-order chi connectivity index (χ0) is 13.3. The van der Waals surface area contributed by atoms with Gasteiger partial charge in [-0.2, -0.15) is 0 Å². The summed E-state index contributed by atoms with van der Waals surface area (Å²) >= 11 is 3.52. The first-order valence-corrected chi connectivity index (χ1v) is 6.46. The lowest BCUT2D eigenvalue weighted by atomic mass is 9.96. The lowest BCUT2D eigenvalue weighted by molar-refractivity contribution is 0.100. The van der Waals surface area contributed by atoms with Gasteiger partial charge in [-0.15, -0.1) is 0 Å². The fourth-order valence-electron chi connectivity index (χ4n) is 1.94. The van der Waals surface area contributed by atoms with E-state index in [4.69, 9.17) is 5.73 Å². The van der Waals surface area contributed by atoms with E-state index in [9.17, 15) is 4.79 Å². The van der Waals surface area contributed by atoms with E-state index in [1.165, 1.54) is 11.1 Å². The Hall–Kier alpha value is -1.61. The molecule has 92 valence electrons. The molecule has 0 radical (unpaired) electrons. The molecule has 1 amide bonds. The van der Waals surface area contributed by atoms with Crippen molar-refractivity contribution in [3.05, 3.63) is 57.6 Å². The van der Waals surface area contributed by atoms with Gasteiger partial charge >= 0.3 is 0 Å². The van der Waals surface area contributed by atoms with Crippen molar-refractivity contribution in [2.45, 2.75) is 13.8 Å². The third kappa shape index (κ3) is 2.31. The summed E-state index contributed by atoms with van der Waals surface area (Å²) in [5.41, 5.74) is 10.4. The molecule has 0 heterocycles. The molecular formula is C15H14BrNO. The summed E-state index contributed by atoms with van der Waals surface area (Å²) in [7, 11) is 0. The monoisotopic (exact) mass is 303 g/mol. The van der Waals surface area contributed by atoms with Gasteiger partial charge in [0.25, 0.3) is 0 Å². The van der Waals surface area contributed by atoms with Crippen molar-refractivity contribution in [2.24, 2.45) is 5.73 Å². The standard InChI is InChI=1S/C15H14BrNO/c1-9-10(2)14(16)7-6-13(9)11-4-3-5-12(8-11)15(17)18/h3-8H,1-2H3,(H2,17,18). The van der Waals surface area contributed by atoms with Gasteiger partial charge in [-0.1, -0.05) is 34.1 Å². The number of amides is 1.